The molecule has 0 aliphatic carbocycles. The van der Waals surface area contributed by atoms with Gasteiger partial charge in [0.2, 0.25) is 5.82 Å². The predicted octanol–water partition coefficient (Wildman–Crippen LogP) is 5.96. The molecule has 0 spiro atoms. The Morgan fingerprint density at radius 2 is 1.70 bits per heavy atom. The predicted molar refractivity (Wildman–Crippen MR) is 121 cm³/mol. The number of thiophene rings is 1. The van der Waals surface area contributed by atoms with Crippen LogP contribution in [0.25, 0.3) is 54.8 Å². The topological polar surface area (TPSA) is 67.3 Å². The second kappa shape index (κ2) is 6.86. The molecule has 0 unspecified atom stereocenters. The molecular weight excluding hydrogens is 390 g/mol. The van der Waals surface area contributed by atoms with E-state index < -0.39 is 0 Å². The van der Waals surface area contributed by atoms with Gasteiger partial charge in [0.15, 0.2) is 0 Å². The molecule has 0 bridgehead atoms. The molecule has 0 radical (unpaired) electrons. The highest BCUT2D eigenvalue weighted by Gasteiger charge is 2.14. The van der Waals surface area contributed by atoms with E-state index in [-0.39, 0.29) is 0 Å². The molecule has 6 heteroatoms. The first-order valence-electron chi connectivity index (χ1n) is 9.57. The number of aromatic amines is 1. The van der Waals surface area contributed by atoms with Crippen LogP contribution in [0, 0.1) is 0 Å². The lowest BCUT2D eigenvalue weighted by Gasteiger charge is -2.13. The second-order valence-corrected chi connectivity index (χ2v) is 7.98. The molecule has 0 amide bonds. The molecule has 0 saturated heterocycles. The van der Waals surface area contributed by atoms with E-state index in [1.165, 1.54) is 21.2 Å². The molecular formula is C24H15N5S. The van der Waals surface area contributed by atoms with Crippen molar-refractivity contribution in [1.82, 2.24) is 25.6 Å². The Hall–Kier alpha value is -3.90. The molecule has 5 nitrogen and oxygen atoms in total. The van der Waals surface area contributed by atoms with Crippen molar-refractivity contribution in [3.8, 4) is 33.1 Å². The first kappa shape index (κ1) is 17.0. The Bertz CT molecular complexity index is 1480. The summed E-state index contributed by atoms with van der Waals surface area (Å²) in [5.74, 6) is 0.489. The third-order valence-corrected chi connectivity index (χ3v) is 6.17. The SMILES string of the molecule is c1csc(-c2cc(-c3cccc4ccccc34)c3nc(-c4nn[nH]n4)ccc3c2)c1. The van der Waals surface area contributed by atoms with Crippen molar-refractivity contribution in [2.45, 2.75) is 0 Å². The number of rotatable bonds is 3. The fourth-order valence-corrected chi connectivity index (χ4v) is 4.60. The maximum atomic E-state index is 4.94. The van der Waals surface area contributed by atoms with E-state index in [1.807, 2.05) is 6.07 Å². The van der Waals surface area contributed by atoms with Gasteiger partial charge in [0.1, 0.15) is 5.69 Å². The van der Waals surface area contributed by atoms with Crippen LogP contribution in [-0.2, 0) is 0 Å². The van der Waals surface area contributed by atoms with Crippen LogP contribution in [0.4, 0.5) is 0 Å². The number of tetrazole rings is 1. The van der Waals surface area contributed by atoms with Crippen LogP contribution in [0.2, 0.25) is 0 Å². The van der Waals surface area contributed by atoms with Gasteiger partial charge in [-0.05, 0) is 56.8 Å². The fourth-order valence-electron chi connectivity index (χ4n) is 3.88. The van der Waals surface area contributed by atoms with E-state index in [0.29, 0.717) is 11.5 Å². The number of hydrogen-bond acceptors (Lipinski definition) is 5. The summed E-state index contributed by atoms with van der Waals surface area (Å²) in [6.07, 6.45) is 0. The van der Waals surface area contributed by atoms with Crippen molar-refractivity contribution < 1.29 is 0 Å². The molecule has 0 aliphatic heterocycles. The monoisotopic (exact) mass is 405 g/mol. The van der Waals surface area contributed by atoms with Gasteiger partial charge in [0.05, 0.1) is 5.52 Å². The molecule has 3 heterocycles. The number of nitrogens with one attached hydrogen (secondary N) is 1. The molecule has 142 valence electrons. The number of H-pyrrole nitrogens is 1. The van der Waals surface area contributed by atoms with E-state index >= 15 is 0 Å². The van der Waals surface area contributed by atoms with E-state index in [4.69, 9.17) is 4.98 Å². The molecule has 3 aromatic heterocycles. The van der Waals surface area contributed by atoms with Crippen molar-refractivity contribution in [2.24, 2.45) is 0 Å². The lowest BCUT2D eigenvalue weighted by molar-refractivity contribution is 0.881. The van der Waals surface area contributed by atoms with E-state index in [9.17, 15) is 0 Å². The van der Waals surface area contributed by atoms with E-state index in [1.54, 1.807) is 11.3 Å². The van der Waals surface area contributed by atoms with Crippen molar-refractivity contribution in [1.29, 1.82) is 0 Å². The minimum atomic E-state index is 0.489. The molecule has 1 N–H and O–H groups in total. The Morgan fingerprint density at radius 3 is 2.57 bits per heavy atom. The average molecular weight is 405 g/mol. The van der Waals surface area contributed by atoms with Gasteiger partial charge in [-0.15, -0.1) is 21.5 Å². The third-order valence-electron chi connectivity index (χ3n) is 5.25. The number of fused-ring (bicyclic) bond motifs is 2. The largest absolute Gasteiger partial charge is 0.244 e. The minimum absolute atomic E-state index is 0.489. The van der Waals surface area contributed by atoms with Gasteiger partial charge in [-0.2, -0.15) is 5.21 Å². The normalized spacial score (nSPS) is 11.3. The van der Waals surface area contributed by atoms with Crippen LogP contribution in [0.3, 0.4) is 0 Å². The van der Waals surface area contributed by atoms with Crippen LogP contribution in [0.15, 0.2) is 84.2 Å². The minimum Gasteiger partial charge on any atom is -0.244 e. The van der Waals surface area contributed by atoms with Crippen molar-refractivity contribution in [3.63, 3.8) is 0 Å². The highest BCUT2D eigenvalue weighted by molar-refractivity contribution is 7.13. The van der Waals surface area contributed by atoms with Crippen molar-refractivity contribution in [2.75, 3.05) is 0 Å². The van der Waals surface area contributed by atoms with Crippen LogP contribution in [0.1, 0.15) is 0 Å². The summed E-state index contributed by atoms with van der Waals surface area (Å²) in [6, 6.07) is 27.6. The highest BCUT2D eigenvalue weighted by Crippen LogP contribution is 2.38. The number of hydrogen-bond donors (Lipinski definition) is 1. The standard InChI is InChI=1S/C24H15N5S/c1-2-7-18-15(5-1)6-3-8-19(18)20-14-17(22-9-4-12-30-22)13-16-10-11-21(25-23(16)20)24-26-28-29-27-24/h1-14H,(H,26,27,28,29). The number of nitrogens with zero attached hydrogens (tertiary/aromatic N) is 4. The maximum Gasteiger partial charge on any atom is 0.222 e. The summed E-state index contributed by atoms with van der Waals surface area (Å²) in [6.45, 7) is 0. The van der Waals surface area contributed by atoms with Gasteiger partial charge in [0.25, 0.3) is 0 Å². The Morgan fingerprint density at radius 1 is 0.767 bits per heavy atom. The number of pyridine rings is 1. The van der Waals surface area contributed by atoms with Gasteiger partial charge in [-0.3, -0.25) is 0 Å². The Balaban J connectivity index is 1.69. The molecule has 0 atom stereocenters. The second-order valence-electron chi connectivity index (χ2n) is 7.03. The summed E-state index contributed by atoms with van der Waals surface area (Å²) in [4.78, 5) is 6.18. The highest BCUT2D eigenvalue weighted by atomic mass is 32.1. The first-order chi connectivity index (χ1) is 14.9. The fraction of sp³-hybridized carbons (Fsp3) is 0. The summed E-state index contributed by atoms with van der Waals surface area (Å²) in [7, 11) is 0. The van der Waals surface area contributed by atoms with Crippen LogP contribution >= 0.6 is 11.3 Å². The quantitative estimate of drug-likeness (QED) is 0.394. The van der Waals surface area contributed by atoms with Gasteiger partial charge < -0.3 is 0 Å². The average Bonchev–Trinajstić information content (AvgIpc) is 3.52. The molecule has 30 heavy (non-hydrogen) atoms. The van der Waals surface area contributed by atoms with Crippen LogP contribution in [0.5, 0.6) is 0 Å². The van der Waals surface area contributed by atoms with Crippen molar-refractivity contribution in [3.05, 3.63) is 84.2 Å². The van der Waals surface area contributed by atoms with Gasteiger partial charge in [-0.1, -0.05) is 54.6 Å². The summed E-state index contributed by atoms with van der Waals surface area (Å²) < 4.78 is 0. The van der Waals surface area contributed by atoms with Gasteiger partial charge in [0, 0.05) is 15.8 Å². The molecule has 6 rings (SSSR count). The Labute approximate surface area is 176 Å². The van der Waals surface area contributed by atoms with Crippen LogP contribution in [-0.4, -0.2) is 25.6 Å². The van der Waals surface area contributed by atoms with Crippen molar-refractivity contribution >= 4 is 33.0 Å². The molecule has 6 aromatic rings. The lowest BCUT2D eigenvalue weighted by Crippen LogP contribution is -1.92. The van der Waals surface area contributed by atoms with Gasteiger partial charge >= 0.3 is 0 Å². The maximum absolute atomic E-state index is 4.94. The number of benzene rings is 3. The summed E-state index contributed by atoms with van der Waals surface area (Å²) >= 11 is 1.74. The van der Waals surface area contributed by atoms with Crippen LogP contribution < -0.4 is 0 Å². The first-order valence-corrected chi connectivity index (χ1v) is 10.5. The van der Waals surface area contributed by atoms with E-state index in [2.05, 4.69) is 98.8 Å². The van der Waals surface area contributed by atoms with E-state index in [0.717, 1.165) is 22.0 Å². The van der Waals surface area contributed by atoms with Gasteiger partial charge in [-0.25, -0.2) is 4.98 Å². The smallest absolute Gasteiger partial charge is 0.222 e. The third kappa shape index (κ3) is 2.77. The lowest BCUT2D eigenvalue weighted by atomic mass is 9.94. The molecule has 0 fully saturated rings. The molecule has 3 aromatic carbocycles. The summed E-state index contributed by atoms with van der Waals surface area (Å²) in [5.41, 5.74) is 5.07. The number of aromatic nitrogens is 5. The summed E-state index contributed by atoms with van der Waals surface area (Å²) in [5, 5.41) is 20.0. The Kier molecular flexibility index (Phi) is 3.89. The molecule has 0 saturated carbocycles. The zero-order chi connectivity index (χ0) is 19.9. The molecule has 0 aliphatic rings. The zero-order valence-electron chi connectivity index (χ0n) is 15.8. The zero-order valence-corrected chi connectivity index (χ0v) is 16.6.